The highest BCUT2D eigenvalue weighted by Gasteiger charge is 2.02. The van der Waals surface area contributed by atoms with Crippen LogP contribution in [0.3, 0.4) is 0 Å². The van der Waals surface area contributed by atoms with Crippen LogP contribution in [0.1, 0.15) is 0 Å². The molecule has 2 N–H and O–H groups in total. The maximum absolute atomic E-state index is 5.89. The van der Waals surface area contributed by atoms with Crippen LogP contribution in [-0.2, 0) is 4.74 Å². The van der Waals surface area contributed by atoms with Crippen LogP contribution in [0.4, 0.5) is 5.69 Å². The standard InChI is InChI=1S/C12H14N2O2/c1-15-5-6-16-10-7-9-3-2-4-14-12(9)11(13)8-10/h2-4,7-8H,5-6,13H2,1H3. The van der Waals surface area contributed by atoms with Gasteiger partial charge in [-0.3, -0.25) is 4.98 Å². The Labute approximate surface area is 94.0 Å². The Morgan fingerprint density at radius 2 is 2.19 bits per heavy atom. The van der Waals surface area contributed by atoms with Crippen molar-refractivity contribution in [1.82, 2.24) is 4.98 Å². The van der Waals surface area contributed by atoms with Gasteiger partial charge in [-0.25, -0.2) is 0 Å². The van der Waals surface area contributed by atoms with Crippen molar-refractivity contribution in [1.29, 1.82) is 0 Å². The fraction of sp³-hybridized carbons (Fsp3) is 0.250. The summed E-state index contributed by atoms with van der Waals surface area (Å²) in [6.45, 7) is 1.08. The topological polar surface area (TPSA) is 57.4 Å². The second-order valence-corrected chi connectivity index (χ2v) is 3.43. The average molecular weight is 218 g/mol. The maximum atomic E-state index is 5.89. The summed E-state index contributed by atoms with van der Waals surface area (Å²) < 4.78 is 10.4. The third-order valence-electron chi connectivity index (χ3n) is 2.26. The van der Waals surface area contributed by atoms with Gasteiger partial charge in [-0.2, -0.15) is 0 Å². The lowest BCUT2D eigenvalue weighted by Crippen LogP contribution is -2.04. The molecule has 0 fully saturated rings. The highest BCUT2D eigenvalue weighted by Crippen LogP contribution is 2.25. The van der Waals surface area contributed by atoms with E-state index in [0.717, 1.165) is 16.7 Å². The predicted molar refractivity (Wildman–Crippen MR) is 63.5 cm³/mol. The van der Waals surface area contributed by atoms with Gasteiger partial charge < -0.3 is 15.2 Å². The van der Waals surface area contributed by atoms with Crippen molar-refractivity contribution >= 4 is 16.6 Å². The van der Waals surface area contributed by atoms with Crippen molar-refractivity contribution < 1.29 is 9.47 Å². The number of anilines is 1. The van der Waals surface area contributed by atoms with Gasteiger partial charge in [0.1, 0.15) is 12.4 Å². The van der Waals surface area contributed by atoms with Crippen LogP contribution in [-0.4, -0.2) is 25.3 Å². The number of rotatable bonds is 4. The van der Waals surface area contributed by atoms with E-state index in [-0.39, 0.29) is 0 Å². The minimum Gasteiger partial charge on any atom is -0.491 e. The first-order chi connectivity index (χ1) is 7.81. The molecule has 0 aliphatic rings. The minimum absolute atomic E-state index is 0.516. The average Bonchev–Trinajstić information content (AvgIpc) is 2.30. The number of ether oxygens (including phenoxy) is 2. The number of nitrogens with zero attached hydrogens (tertiary/aromatic N) is 1. The number of hydrogen-bond acceptors (Lipinski definition) is 4. The fourth-order valence-corrected chi connectivity index (χ4v) is 1.52. The molecule has 1 aromatic carbocycles. The van der Waals surface area contributed by atoms with Crippen LogP contribution in [0.2, 0.25) is 0 Å². The Kier molecular flexibility index (Phi) is 3.22. The van der Waals surface area contributed by atoms with Crippen LogP contribution in [0.15, 0.2) is 30.5 Å². The first kappa shape index (κ1) is 10.7. The molecule has 0 bridgehead atoms. The van der Waals surface area contributed by atoms with E-state index in [1.54, 1.807) is 19.4 Å². The number of nitrogens with two attached hydrogens (primary N) is 1. The molecule has 4 nitrogen and oxygen atoms in total. The molecule has 16 heavy (non-hydrogen) atoms. The molecule has 0 radical (unpaired) electrons. The Morgan fingerprint density at radius 1 is 1.31 bits per heavy atom. The second kappa shape index (κ2) is 4.81. The molecule has 0 atom stereocenters. The first-order valence-corrected chi connectivity index (χ1v) is 5.07. The molecule has 0 unspecified atom stereocenters. The Bertz CT molecular complexity index is 485. The number of aromatic nitrogens is 1. The molecule has 0 saturated heterocycles. The quantitative estimate of drug-likeness (QED) is 0.628. The number of nitrogen functional groups attached to an aromatic ring is 1. The molecule has 1 aromatic heterocycles. The van der Waals surface area contributed by atoms with Crippen molar-refractivity contribution in [3.05, 3.63) is 30.5 Å². The highest BCUT2D eigenvalue weighted by atomic mass is 16.5. The van der Waals surface area contributed by atoms with E-state index in [9.17, 15) is 0 Å². The number of fused-ring (bicyclic) bond motifs is 1. The molecular formula is C12H14N2O2. The number of methoxy groups -OCH3 is 1. The summed E-state index contributed by atoms with van der Waals surface area (Å²) >= 11 is 0. The van der Waals surface area contributed by atoms with Gasteiger partial charge >= 0.3 is 0 Å². The van der Waals surface area contributed by atoms with Gasteiger partial charge in [0, 0.05) is 24.8 Å². The lowest BCUT2D eigenvalue weighted by molar-refractivity contribution is 0.146. The summed E-state index contributed by atoms with van der Waals surface area (Å²) in [6.07, 6.45) is 1.73. The molecule has 0 saturated carbocycles. The van der Waals surface area contributed by atoms with Crippen molar-refractivity contribution in [3.8, 4) is 5.75 Å². The van der Waals surface area contributed by atoms with Crippen LogP contribution in [0.5, 0.6) is 5.75 Å². The van der Waals surface area contributed by atoms with E-state index in [2.05, 4.69) is 4.98 Å². The summed E-state index contributed by atoms with van der Waals surface area (Å²) in [6, 6.07) is 7.54. The third kappa shape index (κ3) is 2.23. The van der Waals surface area contributed by atoms with Gasteiger partial charge in [-0.15, -0.1) is 0 Å². The fourth-order valence-electron chi connectivity index (χ4n) is 1.52. The van der Waals surface area contributed by atoms with Crippen LogP contribution >= 0.6 is 0 Å². The van der Waals surface area contributed by atoms with Crippen LogP contribution < -0.4 is 10.5 Å². The van der Waals surface area contributed by atoms with Gasteiger partial charge in [0.2, 0.25) is 0 Å². The second-order valence-electron chi connectivity index (χ2n) is 3.43. The van der Waals surface area contributed by atoms with Gasteiger partial charge in [-0.05, 0) is 12.1 Å². The summed E-state index contributed by atoms with van der Waals surface area (Å²) in [7, 11) is 1.64. The smallest absolute Gasteiger partial charge is 0.122 e. The molecule has 0 spiro atoms. The van der Waals surface area contributed by atoms with Crippen LogP contribution in [0.25, 0.3) is 10.9 Å². The zero-order valence-electron chi connectivity index (χ0n) is 9.14. The predicted octanol–water partition coefficient (Wildman–Crippen LogP) is 1.84. The lowest BCUT2D eigenvalue weighted by Gasteiger charge is -2.08. The molecule has 84 valence electrons. The minimum atomic E-state index is 0.516. The van der Waals surface area contributed by atoms with E-state index in [0.29, 0.717) is 18.9 Å². The largest absolute Gasteiger partial charge is 0.491 e. The Morgan fingerprint density at radius 3 is 3.00 bits per heavy atom. The van der Waals surface area contributed by atoms with Gasteiger partial charge in [0.05, 0.1) is 17.8 Å². The molecule has 0 amide bonds. The highest BCUT2D eigenvalue weighted by molar-refractivity contribution is 5.90. The number of hydrogen-bond donors (Lipinski definition) is 1. The maximum Gasteiger partial charge on any atom is 0.122 e. The normalized spacial score (nSPS) is 10.6. The van der Waals surface area contributed by atoms with Gasteiger partial charge in [0.15, 0.2) is 0 Å². The zero-order chi connectivity index (χ0) is 11.4. The van der Waals surface area contributed by atoms with Crippen molar-refractivity contribution in [3.63, 3.8) is 0 Å². The molecule has 1 heterocycles. The van der Waals surface area contributed by atoms with E-state index < -0.39 is 0 Å². The van der Waals surface area contributed by atoms with Crippen molar-refractivity contribution in [2.24, 2.45) is 0 Å². The van der Waals surface area contributed by atoms with Gasteiger partial charge in [-0.1, -0.05) is 6.07 Å². The molecule has 0 aliphatic carbocycles. The van der Waals surface area contributed by atoms with Crippen molar-refractivity contribution in [2.75, 3.05) is 26.1 Å². The summed E-state index contributed by atoms with van der Waals surface area (Å²) in [5, 5.41) is 0.981. The first-order valence-electron chi connectivity index (χ1n) is 5.07. The van der Waals surface area contributed by atoms with Crippen LogP contribution in [0, 0.1) is 0 Å². The zero-order valence-corrected chi connectivity index (χ0v) is 9.14. The molecule has 4 heteroatoms. The number of pyridine rings is 1. The number of benzene rings is 1. The summed E-state index contributed by atoms with van der Waals surface area (Å²) in [5.74, 6) is 0.745. The molecule has 2 rings (SSSR count). The lowest BCUT2D eigenvalue weighted by atomic mass is 10.2. The Hall–Kier alpha value is -1.81. The van der Waals surface area contributed by atoms with E-state index in [1.165, 1.54) is 0 Å². The molecular weight excluding hydrogens is 204 g/mol. The third-order valence-corrected chi connectivity index (χ3v) is 2.26. The monoisotopic (exact) mass is 218 g/mol. The summed E-state index contributed by atoms with van der Waals surface area (Å²) in [5.41, 5.74) is 7.32. The van der Waals surface area contributed by atoms with E-state index in [1.807, 2.05) is 18.2 Å². The van der Waals surface area contributed by atoms with Crippen molar-refractivity contribution in [2.45, 2.75) is 0 Å². The van der Waals surface area contributed by atoms with Gasteiger partial charge in [0.25, 0.3) is 0 Å². The van der Waals surface area contributed by atoms with E-state index >= 15 is 0 Å². The molecule has 2 aromatic rings. The SMILES string of the molecule is COCCOc1cc(N)c2ncccc2c1. The molecule has 0 aliphatic heterocycles. The Balaban J connectivity index is 2.27. The van der Waals surface area contributed by atoms with E-state index in [4.69, 9.17) is 15.2 Å². The summed E-state index contributed by atoms with van der Waals surface area (Å²) in [4.78, 5) is 4.21.